The van der Waals surface area contributed by atoms with Crippen molar-refractivity contribution in [3.63, 3.8) is 0 Å². The Kier molecular flexibility index (Phi) is 7.56. The fourth-order valence-corrected chi connectivity index (χ4v) is 7.72. The third-order valence-electron chi connectivity index (χ3n) is 10.3. The molecular weight excluding hydrogens is 649 g/mol. The Morgan fingerprint density at radius 3 is 2.15 bits per heavy atom. The summed E-state index contributed by atoms with van der Waals surface area (Å²) in [6.45, 7) is 11.0. The number of imidazole rings is 1. The molecule has 0 aliphatic heterocycles. The molecule has 0 fully saturated rings. The molecule has 0 aliphatic carbocycles. The van der Waals surface area contributed by atoms with E-state index in [1.165, 1.54) is 16.7 Å². The topological polar surface area (TPSA) is 66.7 Å². The average molecular weight is 689 g/mol. The molecule has 3 heterocycles. The molecule has 5 nitrogen and oxygen atoms in total. The number of aromatic hydroxyl groups is 1. The number of aryl methyl sites for hydroxylation is 2. The monoisotopic (exact) mass is 688 g/mol. The van der Waals surface area contributed by atoms with Crippen LogP contribution >= 0.6 is 0 Å². The van der Waals surface area contributed by atoms with Crippen molar-refractivity contribution in [2.45, 2.75) is 40.0 Å². The molecule has 0 saturated heterocycles. The van der Waals surface area contributed by atoms with Crippen molar-refractivity contribution in [1.82, 2.24) is 19.5 Å². The number of rotatable bonds is 5. The standard InChI is InChI=1S/C48H40N4O/c1-29-22-30(2)24-34(23-29)39-28-41(50-46-37(39)16-11-19-43(46)53)38-17-10-18-42-45(38)51-47(40-27-35(48(3,4)5)25-33-20-21-49-44(33)40)52(42)36-15-9-14-32(26-36)31-12-7-6-8-13-31/h6-28,49,53H,1-5H3. The van der Waals surface area contributed by atoms with Gasteiger partial charge in [0.25, 0.3) is 0 Å². The minimum Gasteiger partial charge on any atom is -0.506 e. The van der Waals surface area contributed by atoms with Crippen LogP contribution in [0.5, 0.6) is 5.75 Å². The number of aromatic amines is 1. The van der Waals surface area contributed by atoms with E-state index in [0.717, 1.165) is 77.9 Å². The van der Waals surface area contributed by atoms with Gasteiger partial charge in [-0.1, -0.05) is 117 Å². The number of phenols is 1. The van der Waals surface area contributed by atoms with Crippen LogP contribution < -0.4 is 0 Å². The number of para-hydroxylation sites is 2. The van der Waals surface area contributed by atoms with Gasteiger partial charge in [-0.25, -0.2) is 9.97 Å². The molecule has 0 radical (unpaired) electrons. The summed E-state index contributed by atoms with van der Waals surface area (Å²) in [6.07, 6.45) is 2.01. The van der Waals surface area contributed by atoms with Crippen LogP contribution in [0.15, 0.2) is 140 Å². The third kappa shape index (κ3) is 5.66. The van der Waals surface area contributed by atoms with Crippen LogP contribution in [-0.4, -0.2) is 24.6 Å². The summed E-state index contributed by atoms with van der Waals surface area (Å²) in [5.41, 5.74) is 15.0. The normalized spacial score (nSPS) is 11.9. The zero-order chi connectivity index (χ0) is 36.4. The molecule has 53 heavy (non-hydrogen) atoms. The quantitative estimate of drug-likeness (QED) is 0.189. The van der Waals surface area contributed by atoms with Crippen LogP contribution in [0.4, 0.5) is 0 Å². The molecule has 5 heteroatoms. The predicted octanol–water partition coefficient (Wildman–Crippen LogP) is 12.3. The Balaban J connectivity index is 1.36. The Morgan fingerprint density at radius 1 is 0.604 bits per heavy atom. The molecule has 0 spiro atoms. The van der Waals surface area contributed by atoms with Crippen molar-refractivity contribution in [2.24, 2.45) is 0 Å². The molecule has 0 saturated carbocycles. The summed E-state index contributed by atoms with van der Waals surface area (Å²) in [5.74, 6) is 0.994. The van der Waals surface area contributed by atoms with E-state index in [1.54, 1.807) is 6.07 Å². The number of fused-ring (bicyclic) bond motifs is 3. The first-order valence-corrected chi connectivity index (χ1v) is 18.1. The van der Waals surface area contributed by atoms with Gasteiger partial charge in [-0.15, -0.1) is 0 Å². The molecule has 0 amide bonds. The van der Waals surface area contributed by atoms with E-state index < -0.39 is 0 Å². The van der Waals surface area contributed by atoms with Gasteiger partial charge in [-0.3, -0.25) is 4.57 Å². The van der Waals surface area contributed by atoms with Crippen LogP contribution in [0.1, 0.15) is 37.5 Å². The van der Waals surface area contributed by atoms with Crippen LogP contribution in [0.2, 0.25) is 0 Å². The van der Waals surface area contributed by atoms with Crippen molar-refractivity contribution in [3.05, 3.63) is 156 Å². The summed E-state index contributed by atoms with van der Waals surface area (Å²) in [5, 5.41) is 13.2. The van der Waals surface area contributed by atoms with Crippen molar-refractivity contribution in [3.8, 4) is 56.3 Å². The van der Waals surface area contributed by atoms with E-state index in [1.807, 2.05) is 24.4 Å². The molecular formula is C48H40N4O. The van der Waals surface area contributed by atoms with Crippen molar-refractivity contribution < 1.29 is 5.11 Å². The lowest BCUT2D eigenvalue weighted by Gasteiger charge is -2.21. The first-order valence-electron chi connectivity index (χ1n) is 18.1. The van der Waals surface area contributed by atoms with Gasteiger partial charge < -0.3 is 10.1 Å². The van der Waals surface area contributed by atoms with Crippen molar-refractivity contribution in [1.29, 1.82) is 0 Å². The molecule has 0 bridgehead atoms. The van der Waals surface area contributed by atoms with E-state index in [9.17, 15) is 5.11 Å². The van der Waals surface area contributed by atoms with Gasteiger partial charge >= 0.3 is 0 Å². The number of phenolic OH excluding ortho intramolecular Hbond substituents is 1. The Morgan fingerprint density at radius 2 is 1.36 bits per heavy atom. The zero-order valence-corrected chi connectivity index (χ0v) is 30.6. The van der Waals surface area contributed by atoms with Gasteiger partial charge in [-0.2, -0.15) is 0 Å². The van der Waals surface area contributed by atoms with E-state index >= 15 is 0 Å². The van der Waals surface area contributed by atoms with Crippen molar-refractivity contribution in [2.75, 3.05) is 0 Å². The maximum absolute atomic E-state index is 11.2. The Bertz CT molecular complexity index is 2830. The Labute approximate surface area is 309 Å². The van der Waals surface area contributed by atoms with Gasteiger partial charge in [0.15, 0.2) is 0 Å². The van der Waals surface area contributed by atoms with E-state index in [-0.39, 0.29) is 11.2 Å². The largest absolute Gasteiger partial charge is 0.506 e. The molecule has 0 atom stereocenters. The van der Waals surface area contributed by atoms with E-state index in [0.29, 0.717) is 5.52 Å². The minimum absolute atomic E-state index is 0.0724. The number of hydrogen-bond acceptors (Lipinski definition) is 3. The van der Waals surface area contributed by atoms with Gasteiger partial charge in [0.1, 0.15) is 17.1 Å². The highest BCUT2D eigenvalue weighted by Crippen LogP contribution is 2.41. The van der Waals surface area contributed by atoms with Crippen LogP contribution in [-0.2, 0) is 5.41 Å². The van der Waals surface area contributed by atoms with Gasteiger partial charge in [0.2, 0.25) is 0 Å². The lowest BCUT2D eigenvalue weighted by molar-refractivity contribution is 0.480. The molecule has 6 aromatic carbocycles. The van der Waals surface area contributed by atoms with Crippen LogP contribution in [0, 0.1) is 13.8 Å². The fourth-order valence-electron chi connectivity index (χ4n) is 7.72. The maximum atomic E-state index is 11.2. The molecule has 0 aliphatic rings. The number of aromatic nitrogens is 4. The predicted molar refractivity (Wildman–Crippen MR) is 220 cm³/mol. The summed E-state index contributed by atoms with van der Waals surface area (Å²) < 4.78 is 2.29. The number of nitrogens with one attached hydrogen (secondary N) is 1. The maximum Gasteiger partial charge on any atom is 0.147 e. The molecule has 9 rings (SSSR count). The third-order valence-corrected chi connectivity index (χ3v) is 10.3. The zero-order valence-electron chi connectivity index (χ0n) is 30.6. The summed E-state index contributed by atoms with van der Waals surface area (Å²) >= 11 is 0. The van der Waals surface area contributed by atoms with Crippen molar-refractivity contribution >= 4 is 32.8 Å². The molecule has 258 valence electrons. The van der Waals surface area contributed by atoms with E-state index in [4.69, 9.17) is 9.97 Å². The highest BCUT2D eigenvalue weighted by atomic mass is 16.3. The van der Waals surface area contributed by atoms with Gasteiger partial charge in [-0.05, 0) is 95.6 Å². The second kappa shape index (κ2) is 12.3. The highest BCUT2D eigenvalue weighted by molar-refractivity contribution is 6.03. The number of H-pyrrole nitrogens is 1. The lowest BCUT2D eigenvalue weighted by Crippen LogP contribution is -2.11. The first kappa shape index (κ1) is 32.4. The molecule has 2 N–H and O–H groups in total. The summed E-state index contributed by atoms with van der Waals surface area (Å²) in [6, 6.07) is 46.6. The van der Waals surface area contributed by atoms with Gasteiger partial charge in [0.05, 0.1) is 22.2 Å². The summed E-state index contributed by atoms with van der Waals surface area (Å²) in [4.78, 5) is 14.3. The highest BCUT2D eigenvalue weighted by Gasteiger charge is 2.24. The molecule has 0 unspecified atom stereocenters. The number of nitrogens with zero attached hydrogens (tertiary/aromatic N) is 3. The fraction of sp³-hybridized carbons (Fsp3) is 0.125. The van der Waals surface area contributed by atoms with Gasteiger partial charge in [0, 0.05) is 33.8 Å². The summed E-state index contributed by atoms with van der Waals surface area (Å²) in [7, 11) is 0. The molecule has 3 aromatic heterocycles. The van der Waals surface area contributed by atoms with E-state index in [2.05, 4.69) is 153 Å². The average Bonchev–Trinajstić information content (AvgIpc) is 3.79. The van der Waals surface area contributed by atoms with Crippen LogP contribution in [0.25, 0.3) is 83.4 Å². The SMILES string of the molecule is Cc1cc(C)cc(-c2cc(-c3cccc4c3nc(-c3cc(C(C)(C)C)cc5cc[nH]c35)n4-c3cccc(-c4ccccc4)c3)nc3c(O)cccc23)c1. The number of pyridine rings is 1. The molecule has 9 aromatic rings. The number of benzene rings is 6. The Hall–Kier alpha value is -6.46. The van der Waals surface area contributed by atoms with Crippen LogP contribution in [0.3, 0.4) is 0 Å². The first-order chi connectivity index (χ1) is 25.6. The smallest absolute Gasteiger partial charge is 0.147 e. The number of hydrogen-bond donors (Lipinski definition) is 2. The minimum atomic E-state index is -0.0724. The second-order valence-electron chi connectivity index (χ2n) is 15.2. The second-order valence-corrected chi connectivity index (χ2v) is 15.2. The lowest BCUT2D eigenvalue weighted by atomic mass is 9.85.